The maximum atomic E-state index is 13.5. The van der Waals surface area contributed by atoms with Gasteiger partial charge in [-0.1, -0.05) is 12.1 Å². The van der Waals surface area contributed by atoms with Crippen molar-refractivity contribution >= 4 is 21.6 Å². The normalized spacial score (nSPS) is 18.9. The van der Waals surface area contributed by atoms with Crippen LogP contribution in [0.3, 0.4) is 0 Å². The zero-order chi connectivity index (χ0) is 24.8. The van der Waals surface area contributed by atoms with Gasteiger partial charge in [0.25, 0.3) is 0 Å². The summed E-state index contributed by atoms with van der Waals surface area (Å²) in [4.78, 5) is 26.6. The number of rotatable bonds is 5. The number of carbonyl (C=O) groups is 1. The van der Waals surface area contributed by atoms with Gasteiger partial charge in [0.2, 0.25) is 5.56 Å². The molecule has 0 saturated carbocycles. The van der Waals surface area contributed by atoms with E-state index in [0.29, 0.717) is 17.4 Å². The summed E-state index contributed by atoms with van der Waals surface area (Å²) in [5.41, 5.74) is -0.959. The number of alkyl halides is 3. The van der Waals surface area contributed by atoms with Crippen LogP contribution in [0.5, 0.6) is 0 Å². The summed E-state index contributed by atoms with van der Waals surface area (Å²) in [6.45, 7) is 1.26. The maximum absolute atomic E-state index is 13.5. The highest BCUT2D eigenvalue weighted by atomic mass is 32.2. The van der Waals surface area contributed by atoms with E-state index in [1.165, 1.54) is 40.0 Å². The summed E-state index contributed by atoms with van der Waals surface area (Å²) >= 11 is 0. The Bertz CT molecular complexity index is 1410. The van der Waals surface area contributed by atoms with Crippen LogP contribution >= 0.6 is 0 Å². The molecule has 1 saturated heterocycles. The first kappa shape index (κ1) is 23.5. The van der Waals surface area contributed by atoms with Crippen molar-refractivity contribution in [3.05, 3.63) is 70.3 Å². The maximum Gasteiger partial charge on any atom is 0.417 e. The number of nitrogens with one attached hydrogen (secondary N) is 1. The molecule has 0 spiro atoms. The Balaban J connectivity index is 1.78. The van der Waals surface area contributed by atoms with E-state index in [1.54, 1.807) is 6.92 Å². The standard InChI is InChI=1S/C21H19F3N4O5S/c1-12-8-19(28(26-12)13-6-7-25-18(29)9-13)27-11-14(10-16(27)20(30)31)34(32,33)17-5-3-2-4-15(17)21(22,23)24/h2-9,14,16H,10-11H2,1H3,(H,25,29)(H,30,31)/t14-,16+/m1/s1. The van der Waals surface area contributed by atoms with Crippen molar-refractivity contribution in [3.8, 4) is 5.69 Å². The number of halogens is 3. The van der Waals surface area contributed by atoms with E-state index in [9.17, 15) is 36.3 Å². The fraction of sp³-hybridized carbons (Fsp3) is 0.286. The highest BCUT2D eigenvalue weighted by molar-refractivity contribution is 7.92. The molecule has 180 valence electrons. The summed E-state index contributed by atoms with van der Waals surface area (Å²) in [5, 5.41) is 12.7. The molecular weight excluding hydrogens is 477 g/mol. The Morgan fingerprint density at radius 1 is 1.21 bits per heavy atom. The highest BCUT2D eigenvalue weighted by Gasteiger charge is 2.47. The third kappa shape index (κ3) is 4.18. The zero-order valence-electron chi connectivity index (χ0n) is 17.7. The molecule has 1 fully saturated rings. The molecule has 2 aromatic heterocycles. The van der Waals surface area contributed by atoms with Crippen LogP contribution in [0.15, 0.2) is 58.4 Å². The zero-order valence-corrected chi connectivity index (χ0v) is 18.5. The molecule has 34 heavy (non-hydrogen) atoms. The van der Waals surface area contributed by atoms with E-state index in [-0.39, 0.29) is 12.4 Å². The molecule has 0 amide bonds. The summed E-state index contributed by atoms with van der Waals surface area (Å²) in [5.74, 6) is -1.13. The molecule has 0 radical (unpaired) electrons. The second-order valence-corrected chi connectivity index (χ2v) is 10.1. The van der Waals surface area contributed by atoms with Crippen molar-refractivity contribution < 1.29 is 31.5 Å². The van der Waals surface area contributed by atoms with Crippen molar-refractivity contribution in [1.82, 2.24) is 14.8 Å². The number of carboxylic acids is 1. The van der Waals surface area contributed by atoms with E-state index >= 15 is 0 Å². The molecule has 2 N–H and O–H groups in total. The minimum absolute atomic E-state index is 0.206. The summed E-state index contributed by atoms with van der Waals surface area (Å²) in [6, 6.07) is 6.78. The highest BCUT2D eigenvalue weighted by Crippen LogP contribution is 2.38. The second kappa shape index (κ2) is 8.31. The predicted molar refractivity (Wildman–Crippen MR) is 115 cm³/mol. The van der Waals surface area contributed by atoms with Crippen molar-refractivity contribution in [2.24, 2.45) is 0 Å². The third-order valence-corrected chi connectivity index (χ3v) is 7.78. The fourth-order valence-corrected chi connectivity index (χ4v) is 5.99. The van der Waals surface area contributed by atoms with Gasteiger partial charge in [0, 0.05) is 24.9 Å². The molecule has 9 nitrogen and oxygen atoms in total. The van der Waals surface area contributed by atoms with Gasteiger partial charge in [-0.15, -0.1) is 0 Å². The Hall–Kier alpha value is -3.61. The number of sulfone groups is 1. The Kier molecular flexibility index (Phi) is 5.75. The van der Waals surface area contributed by atoms with Gasteiger partial charge in [0.05, 0.1) is 27.1 Å². The number of nitrogens with zero attached hydrogens (tertiary/aromatic N) is 3. The fourth-order valence-electron chi connectivity index (χ4n) is 4.08. The molecule has 1 aromatic carbocycles. The van der Waals surface area contributed by atoms with Gasteiger partial charge >= 0.3 is 12.1 Å². The second-order valence-electron chi connectivity index (χ2n) is 7.87. The SMILES string of the molecule is Cc1cc(N2C[C@H](S(=O)(=O)c3ccccc3C(F)(F)F)C[C@H]2C(=O)O)n(-c2cc[nH]c(=O)c2)n1. The minimum atomic E-state index is -4.90. The third-order valence-electron chi connectivity index (χ3n) is 5.60. The first-order chi connectivity index (χ1) is 15.9. The van der Waals surface area contributed by atoms with Gasteiger partial charge in [0.1, 0.15) is 11.9 Å². The summed E-state index contributed by atoms with van der Waals surface area (Å²) in [6.07, 6.45) is -3.95. The number of aliphatic carboxylic acids is 1. The predicted octanol–water partition coefficient (Wildman–Crippen LogP) is 2.39. The van der Waals surface area contributed by atoms with Crippen molar-refractivity contribution in [1.29, 1.82) is 0 Å². The number of aryl methyl sites for hydroxylation is 1. The van der Waals surface area contributed by atoms with E-state index in [1.807, 2.05) is 0 Å². The Morgan fingerprint density at radius 2 is 1.91 bits per heavy atom. The van der Waals surface area contributed by atoms with Crippen molar-refractivity contribution in [2.45, 2.75) is 35.7 Å². The lowest BCUT2D eigenvalue weighted by atomic mass is 10.2. The number of hydrogen-bond donors (Lipinski definition) is 2. The molecule has 1 aliphatic heterocycles. The van der Waals surface area contributed by atoms with Crippen LogP contribution in [0.25, 0.3) is 5.69 Å². The number of aromatic amines is 1. The molecule has 2 atom stereocenters. The van der Waals surface area contributed by atoms with Crippen molar-refractivity contribution in [2.75, 3.05) is 11.4 Å². The molecule has 3 heterocycles. The lowest BCUT2D eigenvalue weighted by Crippen LogP contribution is -2.37. The lowest BCUT2D eigenvalue weighted by molar-refractivity contribution is -0.140. The number of aromatic nitrogens is 3. The van der Waals surface area contributed by atoms with Crippen LogP contribution in [0.4, 0.5) is 19.0 Å². The first-order valence-corrected chi connectivity index (χ1v) is 11.6. The van der Waals surface area contributed by atoms with Crippen molar-refractivity contribution in [3.63, 3.8) is 0 Å². The number of H-pyrrole nitrogens is 1. The number of carboxylic acid groups (broad SMARTS) is 1. The van der Waals surface area contributed by atoms with Crippen LogP contribution < -0.4 is 10.5 Å². The molecule has 1 aliphatic rings. The number of anilines is 1. The van der Waals surface area contributed by atoms with Crippen LogP contribution in [0.2, 0.25) is 0 Å². The van der Waals surface area contributed by atoms with Crippen LogP contribution in [-0.2, 0) is 20.8 Å². The first-order valence-electron chi connectivity index (χ1n) is 10.0. The van der Waals surface area contributed by atoms with Gasteiger partial charge in [-0.05, 0) is 31.5 Å². The molecule has 3 aromatic rings. The van der Waals surface area contributed by atoms with E-state index in [0.717, 1.165) is 12.1 Å². The Morgan fingerprint density at radius 3 is 2.56 bits per heavy atom. The number of benzene rings is 1. The van der Waals surface area contributed by atoms with Crippen LogP contribution in [-0.4, -0.2) is 52.1 Å². The minimum Gasteiger partial charge on any atom is -0.480 e. The Labute approximate surface area is 191 Å². The van der Waals surface area contributed by atoms with E-state index < -0.39 is 55.7 Å². The van der Waals surface area contributed by atoms with Gasteiger partial charge in [-0.3, -0.25) is 4.79 Å². The number of pyridine rings is 1. The monoisotopic (exact) mass is 496 g/mol. The van der Waals surface area contributed by atoms with Gasteiger partial charge in [-0.2, -0.15) is 18.3 Å². The lowest BCUT2D eigenvalue weighted by Gasteiger charge is -2.24. The molecule has 0 bridgehead atoms. The molecule has 4 rings (SSSR count). The summed E-state index contributed by atoms with van der Waals surface area (Å²) in [7, 11) is -4.55. The van der Waals surface area contributed by atoms with Crippen LogP contribution in [0, 0.1) is 6.92 Å². The van der Waals surface area contributed by atoms with Gasteiger partial charge < -0.3 is 15.0 Å². The molecule has 0 aliphatic carbocycles. The largest absolute Gasteiger partial charge is 0.480 e. The van der Waals surface area contributed by atoms with E-state index in [4.69, 9.17) is 0 Å². The number of hydrogen-bond acceptors (Lipinski definition) is 6. The summed E-state index contributed by atoms with van der Waals surface area (Å²) < 4.78 is 68.3. The van der Waals surface area contributed by atoms with Crippen LogP contribution in [0.1, 0.15) is 17.7 Å². The molecule has 0 unspecified atom stereocenters. The average molecular weight is 496 g/mol. The average Bonchev–Trinajstić information content (AvgIpc) is 3.37. The smallest absolute Gasteiger partial charge is 0.417 e. The molecule has 13 heteroatoms. The van der Waals surface area contributed by atoms with Gasteiger partial charge in [0.15, 0.2) is 9.84 Å². The molecular formula is C21H19F3N4O5S. The topological polar surface area (TPSA) is 125 Å². The quantitative estimate of drug-likeness (QED) is 0.556. The van der Waals surface area contributed by atoms with E-state index in [2.05, 4.69) is 10.1 Å². The van der Waals surface area contributed by atoms with Gasteiger partial charge in [-0.25, -0.2) is 17.9 Å².